The predicted molar refractivity (Wildman–Crippen MR) is 117 cm³/mol. The summed E-state index contributed by atoms with van der Waals surface area (Å²) in [5.41, 5.74) is 10.4. The molecule has 1 aliphatic heterocycles. The van der Waals surface area contributed by atoms with Crippen LogP contribution in [0.15, 0.2) is 17.4 Å². The molecule has 0 aromatic carbocycles. The largest absolute Gasteiger partial charge is 0.480 e. The van der Waals surface area contributed by atoms with Crippen molar-refractivity contribution in [3.63, 3.8) is 0 Å². The first-order valence-electron chi connectivity index (χ1n) is 9.32. The van der Waals surface area contributed by atoms with Crippen molar-refractivity contribution in [1.82, 2.24) is 19.5 Å². The molecule has 6 atom stereocenters. The summed E-state index contributed by atoms with van der Waals surface area (Å²) in [6.45, 7) is -0.421. The number of rotatable bonds is 9. The number of carboxylic acids is 2. The maximum Gasteiger partial charge on any atom is 0.321 e. The number of imidazole rings is 1. The summed E-state index contributed by atoms with van der Waals surface area (Å²) in [4.78, 5) is 42.3. The van der Waals surface area contributed by atoms with Crippen LogP contribution in [0.3, 0.4) is 0 Å². The minimum absolute atomic E-state index is 0.111. The zero-order valence-electron chi connectivity index (χ0n) is 16.9. The molecule has 0 spiro atoms. The topological polar surface area (TPSA) is 260 Å². The third-order valence-electron chi connectivity index (χ3n) is 4.37. The van der Waals surface area contributed by atoms with Crippen LogP contribution in [0.1, 0.15) is 6.23 Å². The summed E-state index contributed by atoms with van der Waals surface area (Å²) in [5, 5.41) is 45.5. The fourth-order valence-electron chi connectivity index (χ4n) is 2.54. The van der Waals surface area contributed by atoms with Crippen molar-refractivity contribution in [1.29, 1.82) is 0 Å². The molecule has 1 fully saturated rings. The van der Waals surface area contributed by atoms with Gasteiger partial charge < -0.3 is 46.7 Å². The first kappa shape index (κ1) is 27.0. The molecule has 0 amide bonds. The Morgan fingerprint density at radius 3 is 2.18 bits per heavy atom. The van der Waals surface area contributed by atoms with Gasteiger partial charge in [-0.25, -0.2) is 9.97 Å². The van der Waals surface area contributed by atoms with Gasteiger partial charge in [0.15, 0.2) is 17.4 Å². The van der Waals surface area contributed by atoms with E-state index < -0.39 is 60.7 Å². The number of carbonyl (C=O) groups is 2. The van der Waals surface area contributed by atoms with E-state index >= 15 is 0 Å². The standard InChI is InChI=1S/C10H12N4O5.C6H12N2O4S2/c15-1-4-6(16)7(17)10(19-4)14-3-13-5-8(14)11-2-12-9(5)18;7-3(5(9)10)1-13-14-2-4(8)6(11)12/h2-4,6-7,10,15-17H,1H2,(H,11,12,18);3-4H,1-2,7-8H2,(H,9,10)(H,11,12)/t4-,6-,7-,10-;3-,4-/m10/s1. The SMILES string of the molecule is N[C@@H](CSSC[C@H](N)C(=O)O)C(=O)O.O=c1[nH]cnc2c1ncn2[C@@H]1O[C@H](CO)[C@@H](O)[C@H]1O. The number of ether oxygens (including phenoxy) is 1. The van der Waals surface area contributed by atoms with E-state index in [1.165, 1.54) is 38.8 Å². The van der Waals surface area contributed by atoms with E-state index in [2.05, 4.69) is 15.0 Å². The highest BCUT2D eigenvalue weighted by molar-refractivity contribution is 8.76. The van der Waals surface area contributed by atoms with Crippen molar-refractivity contribution < 1.29 is 39.9 Å². The van der Waals surface area contributed by atoms with Crippen LogP contribution in [0.4, 0.5) is 0 Å². The van der Waals surface area contributed by atoms with Crippen molar-refractivity contribution in [2.75, 3.05) is 18.1 Å². The van der Waals surface area contributed by atoms with Crippen LogP contribution >= 0.6 is 21.6 Å². The smallest absolute Gasteiger partial charge is 0.321 e. The van der Waals surface area contributed by atoms with E-state index in [9.17, 15) is 24.6 Å². The van der Waals surface area contributed by atoms with Gasteiger partial charge in [-0.05, 0) is 0 Å². The van der Waals surface area contributed by atoms with Gasteiger partial charge in [0.1, 0.15) is 30.4 Å². The average molecular weight is 509 g/mol. The lowest BCUT2D eigenvalue weighted by Crippen LogP contribution is -2.33. The fraction of sp³-hybridized carbons (Fsp3) is 0.562. The minimum Gasteiger partial charge on any atom is -0.480 e. The molecule has 33 heavy (non-hydrogen) atoms. The van der Waals surface area contributed by atoms with Crippen LogP contribution in [0.25, 0.3) is 11.2 Å². The number of aliphatic hydroxyl groups excluding tert-OH is 3. The molecule has 1 saturated heterocycles. The summed E-state index contributed by atoms with van der Waals surface area (Å²) in [5.74, 6) is -1.68. The molecule has 3 rings (SSSR count). The van der Waals surface area contributed by atoms with Gasteiger partial charge in [0.2, 0.25) is 0 Å². The number of nitrogens with zero attached hydrogens (tertiary/aromatic N) is 3. The van der Waals surface area contributed by atoms with E-state index in [1.807, 2.05) is 0 Å². The highest BCUT2D eigenvalue weighted by atomic mass is 33.1. The monoisotopic (exact) mass is 508 g/mol. The molecule has 2 aromatic rings. The molecule has 0 aliphatic carbocycles. The Hall–Kier alpha value is -2.25. The number of fused-ring (bicyclic) bond motifs is 1. The second-order valence-corrected chi connectivity index (χ2v) is 9.30. The third kappa shape index (κ3) is 6.87. The zero-order chi connectivity index (χ0) is 24.7. The van der Waals surface area contributed by atoms with Crippen LogP contribution in [0.2, 0.25) is 0 Å². The lowest BCUT2D eigenvalue weighted by atomic mass is 10.1. The first-order valence-corrected chi connectivity index (χ1v) is 11.8. The molecule has 0 unspecified atom stereocenters. The van der Waals surface area contributed by atoms with E-state index in [0.717, 1.165) is 0 Å². The predicted octanol–water partition coefficient (Wildman–Crippen LogP) is -3.08. The molecule has 17 heteroatoms. The van der Waals surface area contributed by atoms with Crippen molar-refractivity contribution >= 4 is 44.7 Å². The molecule has 184 valence electrons. The number of hydrogen-bond donors (Lipinski definition) is 8. The number of aromatic amines is 1. The Kier molecular flexibility index (Phi) is 10.0. The van der Waals surface area contributed by atoms with Crippen molar-refractivity contribution in [2.24, 2.45) is 11.5 Å². The summed E-state index contributed by atoms with van der Waals surface area (Å²) < 4.78 is 6.70. The van der Waals surface area contributed by atoms with Gasteiger partial charge in [0.25, 0.3) is 5.56 Å². The van der Waals surface area contributed by atoms with E-state index in [4.69, 9.17) is 31.5 Å². The average Bonchev–Trinajstić information content (AvgIpc) is 3.33. The molecular weight excluding hydrogens is 484 g/mol. The van der Waals surface area contributed by atoms with Gasteiger partial charge in [-0.3, -0.25) is 19.0 Å². The van der Waals surface area contributed by atoms with Crippen LogP contribution in [-0.2, 0) is 14.3 Å². The van der Waals surface area contributed by atoms with Crippen molar-refractivity contribution in [3.8, 4) is 0 Å². The third-order valence-corrected chi connectivity index (χ3v) is 6.84. The zero-order valence-corrected chi connectivity index (χ0v) is 18.6. The molecule has 0 bridgehead atoms. The summed E-state index contributed by atoms with van der Waals surface area (Å²) in [6.07, 6.45) is -1.78. The molecule has 1 aliphatic rings. The number of aliphatic hydroxyl groups is 3. The van der Waals surface area contributed by atoms with Crippen LogP contribution in [0, 0.1) is 0 Å². The quantitative estimate of drug-likeness (QED) is 0.123. The second kappa shape index (κ2) is 12.3. The minimum atomic E-state index is -1.24. The van der Waals surface area contributed by atoms with Gasteiger partial charge in [-0.2, -0.15) is 0 Å². The number of nitrogens with one attached hydrogen (secondary N) is 1. The summed E-state index contributed by atoms with van der Waals surface area (Å²) in [6, 6.07) is -1.85. The number of nitrogens with two attached hydrogens (primary N) is 2. The molecule has 2 aromatic heterocycles. The first-order chi connectivity index (χ1) is 15.6. The van der Waals surface area contributed by atoms with E-state index in [1.54, 1.807) is 0 Å². The number of H-pyrrole nitrogens is 1. The maximum absolute atomic E-state index is 11.5. The summed E-state index contributed by atoms with van der Waals surface area (Å²) in [7, 11) is 2.41. The van der Waals surface area contributed by atoms with Crippen LogP contribution in [0.5, 0.6) is 0 Å². The number of carboxylic acid groups (broad SMARTS) is 2. The van der Waals surface area contributed by atoms with Crippen molar-refractivity contribution in [3.05, 3.63) is 23.0 Å². The van der Waals surface area contributed by atoms with E-state index in [0.29, 0.717) is 0 Å². The molecule has 15 nitrogen and oxygen atoms in total. The van der Waals surface area contributed by atoms with Gasteiger partial charge >= 0.3 is 11.9 Å². The Balaban J connectivity index is 0.000000248. The van der Waals surface area contributed by atoms with Gasteiger partial charge in [0.05, 0.1) is 19.3 Å². The number of aromatic nitrogens is 4. The molecule has 0 saturated carbocycles. The van der Waals surface area contributed by atoms with Crippen molar-refractivity contribution in [2.45, 2.75) is 36.6 Å². The lowest BCUT2D eigenvalue weighted by Gasteiger charge is -2.16. The Labute approximate surface area is 193 Å². The normalized spacial score (nSPS) is 24.2. The van der Waals surface area contributed by atoms with E-state index in [-0.39, 0.29) is 22.7 Å². The number of aliphatic carboxylic acids is 2. The molecule has 0 radical (unpaired) electrons. The van der Waals surface area contributed by atoms with Crippen LogP contribution < -0.4 is 17.0 Å². The number of hydrogen-bond acceptors (Lipinski definition) is 13. The second-order valence-electron chi connectivity index (χ2n) is 6.74. The Morgan fingerprint density at radius 2 is 1.70 bits per heavy atom. The lowest BCUT2D eigenvalue weighted by molar-refractivity contribution is -0.138. The van der Waals surface area contributed by atoms with Gasteiger partial charge in [0, 0.05) is 11.5 Å². The Bertz CT molecular complexity index is 982. The summed E-state index contributed by atoms with van der Waals surface area (Å²) >= 11 is 0. The van der Waals surface area contributed by atoms with Gasteiger partial charge in [-0.15, -0.1) is 0 Å². The molecule has 3 heterocycles. The fourth-order valence-corrected chi connectivity index (χ4v) is 4.77. The van der Waals surface area contributed by atoms with Crippen LogP contribution in [-0.4, -0.2) is 105 Å². The molecular formula is C16H24N6O9S2. The highest BCUT2D eigenvalue weighted by Crippen LogP contribution is 2.30. The van der Waals surface area contributed by atoms with Gasteiger partial charge in [-0.1, -0.05) is 21.6 Å². The highest BCUT2D eigenvalue weighted by Gasteiger charge is 2.43. The maximum atomic E-state index is 11.5. The Morgan fingerprint density at radius 1 is 1.12 bits per heavy atom. The molecule has 10 N–H and O–H groups in total.